The van der Waals surface area contributed by atoms with E-state index in [1.165, 1.54) is 11.8 Å². The predicted octanol–water partition coefficient (Wildman–Crippen LogP) is 4.16. The van der Waals surface area contributed by atoms with Gasteiger partial charge in [-0.15, -0.1) is 11.8 Å². The summed E-state index contributed by atoms with van der Waals surface area (Å²) >= 11 is 2.98. The normalized spacial score (nSPS) is 14.8. The van der Waals surface area contributed by atoms with E-state index in [2.05, 4.69) is 10.3 Å². The molecule has 3 rings (SSSR count). The molecule has 1 unspecified atom stereocenters. The Balaban J connectivity index is 1.59. The van der Waals surface area contributed by atoms with Crippen molar-refractivity contribution in [1.29, 1.82) is 0 Å². The lowest BCUT2D eigenvalue weighted by molar-refractivity contribution is -0.115. The number of carbonyl (C=O) groups excluding carboxylic acids is 2. The van der Waals surface area contributed by atoms with Gasteiger partial charge in [-0.2, -0.15) is 0 Å². The van der Waals surface area contributed by atoms with Crippen LogP contribution < -0.4 is 5.32 Å². The Labute approximate surface area is 168 Å². The Bertz CT molecular complexity index is 805. The van der Waals surface area contributed by atoms with Crippen LogP contribution in [0.15, 0.2) is 52.5 Å². The molecule has 1 aliphatic rings. The molecule has 0 saturated carbocycles. The summed E-state index contributed by atoms with van der Waals surface area (Å²) in [5, 5.41) is 3.41. The van der Waals surface area contributed by atoms with Gasteiger partial charge < -0.3 is 10.2 Å². The number of nitrogens with zero attached hydrogens (tertiary/aromatic N) is 2. The summed E-state index contributed by atoms with van der Waals surface area (Å²) in [5.41, 5.74) is 1.43. The zero-order valence-corrected chi connectivity index (χ0v) is 17.1. The van der Waals surface area contributed by atoms with Gasteiger partial charge >= 0.3 is 0 Å². The monoisotopic (exact) mass is 401 g/mol. The van der Waals surface area contributed by atoms with Crippen LogP contribution in [0, 0.1) is 0 Å². The van der Waals surface area contributed by atoms with Crippen molar-refractivity contribution in [2.45, 2.75) is 34.9 Å². The number of benzene rings is 1. The van der Waals surface area contributed by atoms with E-state index in [-0.39, 0.29) is 17.1 Å². The van der Waals surface area contributed by atoms with E-state index in [4.69, 9.17) is 0 Å². The summed E-state index contributed by atoms with van der Waals surface area (Å²) < 4.78 is 0. The van der Waals surface area contributed by atoms with Crippen molar-refractivity contribution in [3.63, 3.8) is 0 Å². The Morgan fingerprint density at radius 1 is 1.15 bits per heavy atom. The lowest BCUT2D eigenvalue weighted by Gasteiger charge is -2.15. The highest BCUT2D eigenvalue weighted by molar-refractivity contribution is 8.00. The fourth-order valence-electron chi connectivity index (χ4n) is 2.90. The fraction of sp³-hybridized carbons (Fsp3) is 0.350. The molecule has 27 heavy (non-hydrogen) atoms. The average Bonchev–Trinajstić information content (AvgIpc) is 3.23. The standard InChI is InChI=1S/C20H23N3O2S2/c1-14(19(24)22-16-7-3-4-8-17(16)26-2)27-18-10-9-15(13-21-18)20(25)23-11-5-6-12-23/h3-4,7-10,13-14H,5-6,11-12H2,1-2H3,(H,22,24). The van der Waals surface area contributed by atoms with Crippen molar-refractivity contribution in [2.75, 3.05) is 24.7 Å². The molecule has 0 bridgehead atoms. The fourth-order valence-corrected chi connectivity index (χ4v) is 4.24. The van der Waals surface area contributed by atoms with Crippen LogP contribution in [0.4, 0.5) is 5.69 Å². The summed E-state index contributed by atoms with van der Waals surface area (Å²) in [4.78, 5) is 32.1. The Kier molecular flexibility index (Phi) is 6.79. The zero-order chi connectivity index (χ0) is 19.2. The number of aromatic nitrogens is 1. The van der Waals surface area contributed by atoms with Gasteiger partial charge in [0.15, 0.2) is 0 Å². The molecule has 1 aromatic heterocycles. The van der Waals surface area contributed by atoms with Crippen molar-refractivity contribution in [2.24, 2.45) is 0 Å². The number of likely N-dealkylation sites (tertiary alicyclic amines) is 1. The summed E-state index contributed by atoms with van der Waals surface area (Å²) in [6, 6.07) is 11.4. The number of thioether (sulfide) groups is 2. The van der Waals surface area contributed by atoms with E-state index in [9.17, 15) is 9.59 Å². The van der Waals surface area contributed by atoms with E-state index in [1.54, 1.807) is 24.0 Å². The largest absolute Gasteiger partial charge is 0.339 e. The van der Waals surface area contributed by atoms with E-state index in [0.717, 1.165) is 41.5 Å². The number of pyridine rings is 1. The molecule has 2 aromatic rings. The molecule has 2 amide bonds. The molecule has 1 N–H and O–H groups in total. The maximum atomic E-state index is 12.5. The Morgan fingerprint density at radius 3 is 2.56 bits per heavy atom. The van der Waals surface area contributed by atoms with E-state index in [1.807, 2.05) is 48.4 Å². The van der Waals surface area contributed by atoms with Crippen molar-refractivity contribution in [3.05, 3.63) is 48.2 Å². The molecule has 1 aromatic carbocycles. The van der Waals surface area contributed by atoms with Crippen LogP contribution in [0.5, 0.6) is 0 Å². The van der Waals surface area contributed by atoms with E-state index in [0.29, 0.717) is 5.56 Å². The minimum Gasteiger partial charge on any atom is -0.339 e. The Hall–Kier alpha value is -1.99. The molecule has 142 valence electrons. The molecule has 0 aliphatic carbocycles. The number of amides is 2. The second kappa shape index (κ2) is 9.28. The third-order valence-corrected chi connectivity index (χ3v) is 6.25. The summed E-state index contributed by atoms with van der Waals surface area (Å²) in [6.45, 7) is 3.50. The predicted molar refractivity (Wildman–Crippen MR) is 112 cm³/mol. The van der Waals surface area contributed by atoms with Crippen LogP contribution in [-0.4, -0.2) is 46.3 Å². The smallest absolute Gasteiger partial charge is 0.255 e. The number of carbonyl (C=O) groups is 2. The molecule has 0 radical (unpaired) electrons. The average molecular weight is 402 g/mol. The summed E-state index contributed by atoms with van der Waals surface area (Å²) in [5.74, 6) is -0.0310. The third kappa shape index (κ3) is 5.05. The van der Waals surface area contributed by atoms with Crippen LogP contribution in [-0.2, 0) is 4.79 Å². The molecule has 7 heteroatoms. The number of hydrogen-bond donors (Lipinski definition) is 1. The van der Waals surface area contributed by atoms with Crippen LogP contribution in [0.1, 0.15) is 30.1 Å². The second-order valence-corrected chi connectivity index (χ2v) is 8.54. The number of anilines is 1. The molecular weight excluding hydrogens is 378 g/mol. The van der Waals surface area contributed by atoms with Gasteiger partial charge in [0.2, 0.25) is 5.91 Å². The highest BCUT2D eigenvalue weighted by Gasteiger charge is 2.20. The number of para-hydroxylation sites is 1. The molecule has 1 atom stereocenters. The van der Waals surface area contributed by atoms with E-state index < -0.39 is 0 Å². The van der Waals surface area contributed by atoms with Crippen LogP contribution in [0.2, 0.25) is 0 Å². The molecule has 1 fully saturated rings. The Morgan fingerprint density at radius 2 is 1.89 bits per heavy atom. The first-order valence-electron chi connectivity index (χ1n) is 8.94. The molecule has 5 nitrogen and oxygen atoms in total. The first-order valence-corrected chi connectivity index (χ1v) is 11.0. The minimum atomic E-state index is -0.299. The van der Waals surface area contributed by atoms with Crippen LogP contribution in [0.3, 0.4) is 0 Å². The van der Waals surface area contributed by atoms with Gasteiger partial charge in [-0.05, 0) is 50.3 Å². The maximum absolute atomic E-state index is 12.5. The number of nitrogens with one attached hydrogen (secondary N) is 1. The molecule has 1 aliphatic heterocycles. The van der Waals surface area contributed by atoms with Crippen molar-refractivity contribution < 1.29 is 9.59 Å². The van der Waals surface area contributed by atoms with Gasteiger partial charge in [0.05, 0.1) is 21.5 Å². The lowest BCUT2D eigenvalue weighted by Crippen LogP contribution is -2.27. The van der Waals surface area contributed by atoms with Crippen molar-refractivity contribution >= 4 is 41.0 Å². The number of rotatable bonds is 6. The highest BCUT2D eigenvalue weighted by atomic mass is 32.2. The maximum Gasteiger partial charge on any atom is 0.255 e. The van der Waals surface area contributed by atoms with Crippen molar-refractivity contribution in [3.8, 4) is 0 Å². The zero-order valence-electron chi connectivity index (χ0n) is 15.5. The summed E-state index contributed by atoms with van der Waals surface area (Å²) in [6.07, 6.45) is 5.73. The van der Waals surface area contributed by atoms with Gasteiger partial charge in [-0.25, -0.2) is 4.98 Å². The lowest BCUT2D eigenvalue weighted by atomic mass is 10.2. The molecule has 0 spiro atoms. The first kappa shape index (κ1) is 19.8. The van der Waals surface area contributed by atoms with E-state index >= 15 is 0 Å². The van der Waals surface area contributed by atoms with Gasteiger partial charge in [-0.1, -0.05) is 23.9 Å². The third-order valence-electron chi connectivity index (χ3n) is 4.41. The molecular formula is C20H23N3O2S2. The van der Waals surface area contributed by atoms with Gasteiger partial charge in [0.1, 0.15) is 0 Å². The molecule has 1 saturated heterocycles. The van der Waals surface area contributed by atoms with Gasteiger partial charge in [0, 0.05) is 24.2 Å². The SMILES string of the molecule is CSc1ccccc1NC(=O)C(C)Sc1ccc(C(=O)N2CCCC2)cn1. The highest BCUT2D eigenvalue weighted by Crippen LogP contribution is 2.27. The quantitative estimate of drug-likeness (QED) is 0.737. The van der Waals surface area contributed by atoms with Gasteiger partial charge in [-0.3, -0.25) is 9.59 Å². The number of hydrogen-bond acceptors (Lipinski definition) is 5. The van der Waals surface area contributed by atoms with Crippen LogP contribution in [0.25, 0.3) is 0 Å². The van der Waals surface area contributed by atoms with Crippen molar-refractivity contribution in [1.82, 2.24) is 9.88 Å². The topological polar surface area (TPSA) is 62.3 Å². The van der Waals surface area contributed by atoms with Gasteiger partial charge in [0.25, 0.3) is 5.91 Å². The minimum absolute atomic E-state index is 0.0380. The van der Waals surface area contributed by atoms with Crippen LogP contribution >= 0.6 is 23.5 Å². The second-order valence-electron chi connectivity index (χ2n) is 6.33. The molecule has 2 heterocycles. The first-order chi connectivity index (χ1) is 13.1. The summed E-state index contributed by atoms with van der Waals surface area (Å²) in [7, 11) is 0.